The monoisotopic (exact) mass is 413 g/mol. The molecule has 0 unspecified atom stereocenters. The lowest BCUT2D eigenvalue weighted by molar-refractivity contribution is -0.128. The van der Waals surface area contributed by atoms with E-state index in [9.17, 15) is 4.79 Å². The van der Waals surface area contributed by atoms with Gasteiger partial charge >= 0.3 is 0 Å². The number of likely N-dealkylation sites (tertiary alicyclic amines) is 2. The lowest BCUT2D eigenvalue weighted by atomic mass is 9.98. The summed E-state index contributed by atoms with van der Waals surface area (Å²) >= 11 is 0. The number of hydrogen-bond donors (Lipinski definition) is 2. The largest absolute Gasteiger partial charge is 0.357 e. The first-order valence-corrected chi connectivity index (χ1v) is 11.6. The Bertz CT molecular complexity index is 707. The number of carbonyl (C=O) groups is 1. The third-order valence-electron chi connectivity index (χ3n) is 6.23. The van der Waals surface area contributed by atoms with Gasteiger partial charge in [-0.15, -0.1) is 0 Å². The molecule has 0 radical (unpaired) electrons. The second kappa shape index (κ2) is 10.8. The molecule has 2 fully saturated rings. The molecular weight excluding hydrogens is 374 g/mol. The van der Waals surface area contributed by atoms with Gasteiger partial charge in [0.1, 0.15) is 0 Å². The highest BCUT2D eigenvalue weighted by atomic mass is 16.2. The molecule has 1 aromatic carbocycles. The van der Waals surface area contributed by atoms with Crippen LogP contribution in [0.4, 0.5) is 0 Å². The summed E-state index contributed by atoms with van der Waals surface area (Å²) in [6.07, 6.45) is 5.65. The number of carbonyl (C=O) groups excluding carboxylic acids is 1. The van der Waals surface area contributed by atoms with Crippen molar-refractivity contribution < 1.29 is 4.79 Å². The maximum absolute atomic E-state index is 11.8. The number of hydrogen-bond acceptors (Lipinski definition) is 3. The van der Waals surface area contributed by atoms with Crippen molar-refractivity contribution in [1.82, 2.24) is 20.4 Å². The Labute approximate surface area is 182 Å². The van der Waals surface area contributed by atoms with Gasteiger partial charge < -0.3 is 15.5 Å². The molecule has 2 aliphatic rings. The zero-order chi connectivity index (χ0) is 21.4. The minimum absolute atomic E-state index is 0.116. The van der Waals surface area contributed by atoms with Crippen molar-refractivity contribution in [3.05, 3.63) is 35.4 Å². The normalized spacial score (nSPS) is 18.7. The highest BCUT2D eigenvalue weighted by Crippen LogP contribution is 2.20. The molecule has 3 rings (SSSR count). The van der Waals surface area contributed by atoms with Crippen molar-refractivity contribution in [2.24, 2.45) is 4.99 Å². The minimum Gasteiger partial charge on any atom is -0.357 e. The number of aliphatic imine (C=N–C) groups is 1. The Morgan fingerprint density at radius 3 is 2.33 bits per heavy atom. The molecule has 2 N–H and O–H groups in total. The molecule has 6 heteroatoms. The van der Waals surface area contributed by atoms with E-state index in [0.717, 1.165) is 38.6 Å². The maximum Gasteiger partial charge on any atom is 0.222 e. The molecule has 166 valence electrons. The van der Waals surface area contributed by atoms with E-state index in [2.05, 4.69) is 60.6 Å². The van der Waals surface area contributed by atoms with Crippen LogP contribution in [-0.4, -0.2) is 59.9 Å². The van der Waals surface area contributed by atoms with Crippen LogP contribution in [0, 0.1) is 0 Å². The van der Waals surface area contributed by atoms with E-state index >= 15 is 0 Å². The van der Waals surface area contributed by atoms with Crippen LogP contribution >= 0.6 is 0 Å². The maximum atomic E-state index is 11.8. The average molecular weight is 414 g/mol. The topological polar surface area (TPSA) is 60.0 Å². The molecule has 0 spiro atoms. The second-order valence-corrected chi connectivity index (χ2v) is 9.14. The summed E-state index contributed by atoms with van der Waals surface area (Å²) in [5, 5.41) is 6.92. The fraction of sp³-hybridized carbons (Fsp3) is 0.667. The number of piperidine rings is 1. The van der Waals surface area contributed by atoms with E-state index in [1.54, 1.807) is 0 Å². The van der Waals surface area contributed by atoms with Gasteiger partial charge in [-0.1, -0.05) is 30.7 Å². The van der Waals surface area contributed by atoms with Gasteiger partial charge in [-0.3, -0.25) is 9.69 Å². The molecule has 6 nitrogen and oxygen atoms in total. The molecule has 0 saturated carbocycles. The highest BCUT2D eigenvalue weighted by molar-refractivity contribution is 5.79. The number of nitrogens with zero attached hydrogens (tertiary/aromatic N) is 3. The van der Waals surface area contributed by atoms with Crippen molar-refractivity contribution in [2.75, 3.05) is 32.7 Å². The van der Waals surface area contributed by atoms with E-state index in [-0.39, 0.29) is 11.4 Å². The van der Waals surface area contributed by atoms with Gasteiger partial charge in [0.05, 0.1) is 6.54 Å². The van der Waals surface area contributed by atoms with Crippen molar-refractivity contribution in [1.29, 1.82) is 0 Å². The molecule has 30 heavy (non-hydrogen) atoms. The Kier molecular flexibility index (Phi) is 8.14. The molecule has 0 aliphatic carbocycles. The van der Waals surface area contributed by atoms with Gasteiger partial charge in [0, 0.05) is 38.1 Å². The summed E-state index contributed by atoms with van der Waals surface area (Å²) in [5.41, 5.74) is 2.48. The van der Waals surface area contributed by atoms with E-state index in [1.165, 1.54) is 43.5 Å². The van der Waals surface area contributed by atoms with Crippen molar-refractivity contribution in [2.45, 2.75) is 71.5 Å². The van der Waals surface area contributed by atoms with Crippen LogP contribution in [0.3, 0.4) is 0 Å². The SMILES string of the molecule is CCNC(=NCc1ccc(CN2CCCC2=O)cc1)NCC(C)(C)N1CCCCC1. The zero-order valence-electron chi connectivity index (χ0n) is 19.0. The van der Waals surface area contributed by atoms with Crippen LogP contribution in [0.25, 0.3) is 0 Å². The van der Waals surface area contributed by atoms with E-state index in [0.29, 0.717) is 13.0 Å². The Morgan fingerprint density at radius 2 is 1.70 bits per heavy atom. The molecule has 0 bridgehead atoms. The molecule has 2 aliphatic heterocycles. The summed E-state index contributed by atoms with van der Waals surface area (Å²) in [5.74, 6) is 1.15. The predicted molar refractivity (Wildman–Crippen MR) is 123 cm³/mol. The molecule has 0 aromatic heterocycles. The first-order valence-electron chi connectivity index (χ1n) is 11.6. The lowest BCUT2D eigenvalue weighted by Crippen LogP contribution is -2.54. The van der Waals surface area contributed by atoms with Gasteiger partial charge in [0.2, 0.25) is 5.91 Å². The second-order valence-electron chi connectivity index (χ2n) is 9.14. The standard InChI is InChI=1S/C24H39N5O/c1-4-25-23(27-19-24(2,3)29-15-6-5-7-16-29)26-17-20-10-12-21(13-11-20)18-28-14-8-9-22(28)30/h10-13H,4-9,14-19H2,1-3H3,(H2,25,26,27). The Morgan fingerprint density at radius 1 is 1.00 bits per heavy atom. The first kappa shape index (κ1) is 22.6. The number of guanidine groups is 1. The van der Waals surface area contributed by atoms with Crippen LogP contribution in [0.15, 0.2) is 29.3 Å². The number of amides is 1. The average Bonchev–Trinajstić information content (AvgIpc) is 3.16. The Hall–Kier alpha value is -2.08. The molecule has 2 heterocycles. The molecule has 1 aromatic rings. The summed E-state index contributed by atoms with van der Waals surface area (Å²) in [4.78, 5) is 21.1. The summed E-state index contributed by atoms with van der Waals surface area (Å²) < 4.78 is 0. The van der Waals surface area contributed by atoms with Crippen molar-refractivity contribution >= 4 is 11.9 Å². The summed E-state index contributed by atoms with van der Waals surface area (Å²) in [6.45, 7) is 13.1. The predicted octanol–water partition coefficient (Wildman–Crippen LogP) is 3.13. The zero-order valence-corrected chi connectivity index (χ0v) is 19.0. The minimum atomic E-state index is 0.116. The smallest absolute Gasteiger partial charge is 0.222 e. The number of nitrogens with one attached hydrogen (secondary N) is 2. The van der Waals surface area contributed by atoms with Crippen LogP contribution in [-0.2, 0) is 17.9 Å². The lowest BCUT2D eigenvalue weighted by Gasteiger charge is -2.41. The van der Waals surface area contributed by atoms with Crippen LogP contribution in [0.5, 0.6) is 0 Å². The fourth-order valence-electron chi connectivity index (χ4n) is 4.26. The first-order chi connectivity index (χ1) is 14.5. The van der Waals surface area contributed by atoms with Crippen molar-refractivity contribution in [3.8, 4) is 0 Å². The highest BCUT2D eigenvalue weighted by Gasteiger charge is 2.27. The van der Waals surface area contributed by atoms with E-state index < -0.39 is 0 Å². The van der Waals surface area contributed by atoms with Gasteiger partial charge in [-0.2, -0.15) is 0 Å². The van der Waals surface area contributed by atoms with E-state index in [1.807, 2.05) is 4.90 Å². The van der Waals surface area contributed by atoms with Gasteiger partial charge in [0.15, 0.2) is 5.96 Å². The summed E-state index contributed by atoms with van der Waals surface area (Å²) in [7, 11) is 0. The molecule has 2 saturated heterocycles. The van der Waals surface area contributed by atoms with Gasteiger partial charge in [-0.05, 0) is 64.3 Å². The van der Waals surface area contributed by atoms with Crippen LogP contribution < -0.4 is 10.6 Å². The van der Waals surface area contributed by atoms with Gasteiger partial charge in [-0.25, -0.2) is 4.99 Å². The third kappa shape index (κ3) is 6.46. The van der Waals surface area contributed by atoms with Crippen LogP contribution in [0.2, 0.25) is 0 Å². The quantitative estimate of drug-likeness (QED) is 0.508. The van der Waals surface area contributed by atoms with Gasteiger partial charge in [0.25, 0.3) is 0 Å². The van der Waals surface area contributed by atoms with Crippen molar-refractivity contribution in [3.63, 3.8) is 0 Å². The number of benzene rings is 1. The fourth-order valence-corrected chi connectivity index (χ4v) is 4.26. The number of rotatable bonds is 8. The molecule has 1 amide bonds. The molecule has 0 atom stereocenters. The summed E-state index contributed by atoms with van der Waals surface area (Å²) in [6, 6.07) is 8.49. The van der Waals surface area contributed by atoms with E-state index in [4.69, 9.17) is 4.99 Å². The van der Waals surface area contributed by atoms with Crippen LogP contribution in [0.1, 0.15) is 64.0 Å². The Balaban J connectivity index is 1.52. The molecular formula is C24H39N5O. The third-order valence-corrected chi connectivity index (χ3v) is 6.23.